The molecule has 0 bridgehead atoms. The molecule has 10 heteroatoms. The van der Waals surface area contributed by atoms with Crippen LogP contribution in [0.1, 0.15) is 25.3 Å². The maximum Gasteiger partial charge on any atom is 0.252 e. The molecule has 2 aromatic rings. The number of halogens is 1. The van der Waals surface area contributed by atoms with E-state index in [1.807, 2.05) is 31.2 Å². The Morgan fingerprint density at radius 1 is 1.32 bits per heavy atom. The van der Waals surface area contributed by atoms with Crippen molar-refractivity contribution in [2.75, 3.05) is 20.4 Å². The molecular formula is C21H27FN4O4S. The minimum Gasteiger partial charge on any atom is -0.275 e. The zero-order chi connectivity index (χ0) is 22.8. The lowest BCUT2D eigenvalue weighted by Gasteiger charge is -2.32. The van der Waals surface area contributed by atoms with Crippen LogP contribution < -0.4 is 4.72 Å². The van der Waals surface area contributed by atoms with Crippen molar-refractivity contribution in [3.8, 4) is 11.4 Å². The van der Waals surface area contributed by atoms with E-state index in [1.54, 1.807) is 7.05 Å². The second-order valence-corrected chi connectivity index (χ2v) is 10.0. The van der Waals surface area contributed by atoms with Crippen LogP contribution in [-0.2, 0) is 26.1 Å². The van der Waals surface area contributed by atoms with Gasteiger partial charge in [0.05, 0.1) is 31.2 Å². The number of amides is 1. The molecule has 3 atom stereocenters. The van der Waals surface area contributed by atoms with Gasteiger partial charge in [0, 0.05) is 18.7 Å². The summed E-state index contributed by atoms with van der Waals surface area (Å²) in [5, 5.41) is 1.20. The van der Waals surface area contributed by atoms with Gasteiger partial charge in [-0.2, -0.15) is 0 Å². The molecule has 1 aliphatic carbocycles. The van der Waals surface area contributed by atoms with Crippen molar-refractivity contribution >= 4 is 15.9 Å². The van der Waals surface area contributed by atoms with E-state index in [0.717, 1.165) is 24.2 Å². The van der Waals surface area contributed by atoms with Gasteiger partial charge in [-0.3, -0.25) is 9.63 Å². The van der Waals surface area contributed by atoms with Crippen LogP contribution in [0.25, 0.3) is 11.4 Å². The van der Waals surface area contributed by atoms with Crippen molar-refractivity contribution in [1.82, 2.24) is 19.8 Å². The first-order valence-electron chi connectivity index (χ1n) is 9.89. The number of carbonyl (C=O) groups is 1. The Morgan fingerprint density at radius 2 is 2.00 bits per heavy atom. The first-order valence-corrected chi connectivity index (χ1v) is 11.8. The highest BCUT2D eigenvalue weighted by molar-refractivity contribution is 7.88. The summed E-state index contributed by atoms with van der Waals surface area (Å²) in [6.45, 7) is 1.94. The fourth-order valence-electron chi connectivity index (χ4n) is 4.38. The van der Waals surface area contributed by atoms with Gasteiger partial charge in [-0.25, -0.2) is 32.6 Å². The van der Waals surface area contributed by atoms with Gasteiger partial charge in [0.1, 0.15) is 0 Å². The topological polar surface area (TPSA) is 101 Å². The molecule has 0 spiro atoms. The number of carbonyl (C=O) groups excluding carboxylic acids is 1. The van der Waals surface area contributed by atoms with E-state index in [2.05, 4.69) is 14.7 Å². The van der Waals surface area contributed by atoms with Crippen LogP contribution in [0.3, 0.4) is 0 Å². The summed E-state index contributed by atoms with van der Waals surface area (Å²) in [6.07, 6.45) is 4.58. The summed E-state index contributed by atoms with van der Waals surface area (Å²) in [5.74, 6) is -0.374. The molecule has 0 radical (unpaired) electrons. The Hall–Kier alpha value is -2.43. The van der Waals surface area contributed by atoms with Crippen LogP contribution in [0.4, 0.5) is 4.39 Å². The number of benzene rings is 1. The third kappa shape index (κ3) is 5.44. The lowest BCUT2D eigenvalue weighted by molar-refractivity contribution is -0.180. The number of sulfonamides is 1. The fraction of sp³-hybridized carbons (Fsp3) is 0.476. The molecule has 8 nitrogen and oxygen atoms in total. The Kier molecular flexibility index (Phi) is 6.73. The highest BCUT2D eigenvalue weighted by Gasteiger charge is 2.50. The van der Waals surface area contributed by atoms with E-state index in [4.69, 9.17) is 4.84 Å². The molecule has 0 unspecified atom stereocenters. The Morgan fingerprint density at radius 3 is 2.61 bits per heavy atom. The minimum atomic E-state index is -3.41. The summed E-state index contributed by atoms with van der Waals surface area (Å²) < 4.78 is 39.5. The van der Waals surface area contributed by atoms with Crippen molar-refractivity contribution in [2.45, 2.75) is 32.2 Å². The second-order valence-electron chi connectivity index (χ2n) is 8.25. The lowest BCUT2D eigenvalue weighted by atomic mass is 9.78. The van der Waals surface area contributed by atoms with Gasteiger partial charge in [0.25, 0.3) is 5.91 Å². The summed E-state index contributed by atoms with van der Waals surface area (Å²) in [7, 11) is -0.445. The third-order valence-corrected chi connectivity index (χ3v) is 6.47. The standard InChI is InChI=1S/C21H27FN4O4S/c1-14-9-21(20(27)26(2)30-3,11-18(14)25-31(4,28)29)10-15-6-5-7-16(8-15)19-23-12-17(22)13-24-19/h5-8,12-14,18,25H,9-11H2,1-4H3/t14-,18+,21+/m0/s1. The molecule has 168 valence electrons. The SMILES string of the molecule is CON(C)C(=O)[C@@]1(Cc2cccc(-c3ncc(F)cn3)c2)C[C@H](C)[C@H](NS(C)(=O)=O)C1. The molecule has 1 heterocycles. The van der Waals surface area contributed by atoms with Gasteiger partial charge in [-0.15, -0.1) is 0 Å². The molecule has 1 amide bonds. The highest BCUT2D eigenvalue weighted by atomic mass is 32.2. The molecule has 1 aromatic carbocycles. The number of hydrogen-bond donors (Lipinski definition) is 1. The zero-order valence-electron chi connectivity index (χ0n) is 18.0. The van der Waals surface area contributed by atoms with Crippen LogP contribution >= 0.6 is 0 Å². The van der Waals surface area contributed by atoms with Gasteiger partial charge in [0.15, 0.2) is 11.6 Å². The predicted molar refractivity (Wildman–Crippen MR) is 114 cm³/mol. The van der Waals surface area contributed by atoms with E-state index >= 15 is 0 Å². The normalized spacial score (nSPS) is 23.6. The average Bonchev–Trinajstić information content (AvgIpc) is 3.01. The number of hydrogen-bond acceptors (Lipinski definition) is 6. The highest BCUT2D eigenvalue weighted by Crippen LogP contribution is 2.46. The van der Waals surface area contributed by atoms with Gasteiger partial charge in [-0.1, -0.05) is 25.1 Å². The molecule has 3 rings (SSSR count). The van der Waals surface area contributed by atoms with Gasteiger partial charge in [0.2, 0.25) is 10.0 Å². The lowest BCUT2D eigenvalue weighted by Crippen LogP contribution is -2.43. The molecule has 31 heavy (non-hydrogen) atoms. The first-order chi connectivity index (χ1) is 14.5. The summed E-state index contributed by atoms with van der Waals surface area (Å²) in [6, 6.07) is 7.07. The van der Waals surface area contributed by atoms with Crippen molar-refractivity contribution in [3.05, 3.63) is 48.0 Å². The van der Waals surface area contributed by atoms with Crippen LogP contribution in [0, 0.1) is 17.2 Å². The van der Waals surface area contributed by atoms with E-state index in [-0.39, 0.29) is 17.9 Å². The Balaban J connectivity index is 1.94. The third-order valence-electron chi connectivity index (χ3n) is 5.74. The smallest absolute Gasteiger partial charge is 0.252 e. The fourth-order valence-corrected chi connectivity index (χ4v) is 5.25. The molecule has 1 saturated carbocycles. The maximum absolute atomic E-state index is 13.3. The maximum atomic E-state index is 13.3. The molecule has 0 aliphatic heterocycles. The van der Waals surface area contributed by atoms with E-state index in [1.165, 1.54) is 12.2 Å². The largest absolute Gasteiger partial charge is 0.275 e. The Labute approximate surface area is 181 Å². The molecule has 1 fully saturated rings. The van der Waals surface area contributed by atoms with Crippen molar-refractivity contribution in [3.63, 3.8) is 0 Å². The van der Waals surface area contributed by atoms with Gasteiger partial charge < -0.3 is 0 Å². The molecule has 1 aliphatic rings. The first kappa shape index (κ1) is 23.2. The van der Waals surface area contributed by atoms with E-state index in [9.17, 15) is 17.6 Å². The summed E-state index contributed by atoms with van der Waals surface area (Å²) >= 11 is 0. The van der Waals surface area contributed by atoms with Crippen molar-refractivity contribution < 1.29 is 22.4 Å². The van der Waals surface area contributed by atoms with E-state index in [0.29, 0.717) is 30.7 Å². The number of rotatable bonds is 7. The van der Waals surface area contributed by atoms with Crippen molar-refractivity contribution in [2.24, 2.45) is 11.3 Å². The molecule has 1 aromatic heterocycles. The zero-order valence-corrected chi connectivity index (χ0v) is 18.8. The van der Waals surface area contributed by atoms with Gasteiger partial charge >= 0.3 is 0 Å². The number of nitrogens with one attached hydrogen (secondary N) is 1. The Bertz CT molecular complexity index is 1050. The summed E-state index contributed by atoms with van der Waals surface area (Å²) in [4.78, 5) is 26.5. The predicted octanol–water partition coefficient (Wildman–Crippen LogP) is 2.18. The monoisotopic (exact) mass is 450 g/mol. The van der Waals surface area contributed by atoms with E-state index < -0.39 is 21.3 Å². The molecular weight excluding hydrogens is 423 g/mol. The number of nitrogens with zero attached hydrogens (tertiary/aromatic N) is 3. The van der Waals surface area contributed by atoms with Crippen molar-refractivity contribution in [1.29, 1.82) is 0 Å². The van der Waals surface area contributed by atoms with Crippen LogP contribution in [-0.4, -0.2) is 55.8 Å². The minimum absolute atomic E-state index is 0.0347. The van der Waals surface area contributed by atoms with Gasteiger partial charge in [-0.05, 0) is 36.8 Å². The average molecular weight is 451 g/mol. The molecule has 0 saturated heterocycles. The van der Waals surface area contributed by atoms with Crippen LogP contribution in [0.5, 0.6) is 0 Å². The number of hydroxylamine groups is 2. The molecule has 1 N–H and O–H groups in total. The second kappa shape index (κ2) is 8.97. The summed E-state index contributed by atoms with van der Waals surface area (Å²) in [5.41, 5.74) is 0.738. The quantitative estimate of drug-likeness (QED) is 0.649. The van der Waals surface area contributed by atoms with Crippen LogP contribution in [0.15, 0.2) is 36.7 Å². The number of aromatic nitrogens is 2. The van der Waals surface area contributed by atoms with Crippen LogP contribution in [0.2, 0.25) is 0 Å².